The number of aromatic hydroxyl groups is 1. The third kappa shape index (κ3) is 2.77. The summed E-state index contributed by atoms with van der Waals surface area (Å²) < 4.78 is 4.15. The first-order chi connectivity index (χ1) is 5.33. The summed E-state index contributed by atoms with van der Waals surface area (Å²) in [6, 6.07) is 6.25. The Balaban J connectivity index is 2.52. The second-order valence-electron chi connectivity index (χ2n) is 1.72. The molecule has 0 atom stereocenters. The van der Waals surface area contributed by atoms with Gasteiger partial charge >= 0.3 is 0 Å². The monoisotopic (exact) mass is 174 g/mol. The topological polar surface area (TPSA) is 58.9 Å². The van der Waals surface area contributed by atoms with Crippen LogP contribution in [0.5, 0.6) is 5.75 Å². The van der Waals surface area contributed by atoms with E-state index in [1.165, 1.54) is 12.1 Å². The van der Waals surface area contributed by atoms with E-state index in [0.717, 1.165) is 16.9 Å². The van der Waals surface area contributed by atoms with Crippen LogP contribution in [-0.4, -0.2) is 10.4 Å². The Morgan fingerprint density at radius 2 is 1.82 bits per heavy atom. The third-order valence-corrected chi connectivity index (χ3v) is 1.59. The normalized spacial score (nSPS) is 9.91. The largest absolute Gasteiger partial charge is 0.508 e. The van der Waals surface area contributed by atoms with E-state index in [0.29, 0.717) is 0 Å². The maximum absolute atomic E-state index is 8.85. The van der Waals surface area contributed by atoms with Gasteiger partial charge in [0.2, 0.25) is 0 Å². The lowest BCUT2D eigenvalue weighted by atomic mass is 10.3. The molecule has 4 nitrogen and oxygen atoms in total. The van der Waals surface area contributed by atoms with Gasteiger partial charge in [0.1, 0.15) is 5.75 Å². The van der Waals surface area contributed by atoms with Crippen molar-refractivity contribution in [2.45, 2.75) is 4.90 Å². The maximum atomic E-state index is 8.85. The van der Waals surface area contributed by atoms with Crippen molar-refractivity contribution in [3.05, 3.63) is 24.3 Å². The number of hydrogen-bond donors (Lipinski definition) is 2. The molecule has 11 heavy (non-hydrogen) atoms. The summed E-state index contributed by atoms with van der Waals surface area (Å²) in [5.41, 5.74) is 0. The predicted octanol–water partition coefficient (Wildman–Crippen LogP) is 1.82. The lowest BCUT2D eigenvalue weighted by Crippen LogP contribution is -1.77. The second-order valence-corrected chi connectivity index (χ2v) is 2.49. The maximum Gasteiger partial charge on any atom is 0.115 e. The van der Waals surface area contributed by atoms with Gasteiger partial charge in [-0.15, -0.1) is 4.33 Å². The highest BCUT2D eigenvalue weighted by Crippen LogP contribution is 2.20. The highest BCUT2D eigenvalue weighted by atomic mass is 32.2. The van der Waals surface area contributed by atoms with Gasteiger partial charge in [0.05, 0.1) is 12.0 Å². The van der Waals surface area contributed by atoms with Crippen molar-refractivity contribution in [2.75, 3.05) is 0 Å². The van der Waals surface area contributed by atoms with Gasteiger partial charge in [0.15, 0.2) is 0 Å². The van der Waals surface area contributed by atoms with Crippen LogP contribution in [0.15, 0.2) is 29.2 Å². The molecule has 1 aromatic rings. The molecular weight excluding hydrogens is 168 g/mol. The molecular formula is C6H6O4S. The molecule has 0 aliphatic carbocycles. The summed E-state index contributed by atoms with van der Waals surface area (Å²) >= 11 is 0.846. The predicted molar refractivity (Wildman–Crippen MR) is 38.8 cm³/mol. The lowest BCUT2D eigenvalue weighted by Gasteiger charge is -1.96. The molecule has 0 aliphatic rings. The molecule has 1 aromatic carbocycles. The van der Waals surface area contributed by atoms with E-state index in [2.05, 4.69) is 9.37 Å². The fraction of sp³-hybridized carbons (Fsp3) is 0. The summed E-state index contributed by atoms with van der Waals surface area (Å²) in [5, 5.41) is 20.0. The van der Waals surface area contributed by atoms with E-state index in [1.807, 2.05) is 0 Å². The van der Waals surface area contributed by atoms with Crippen LogP contribution in [-0.2, 0) is 9.37 Å². The van der Waals surface area contributed by atoms with Gasteiger partial charge in [-0.1, -0.05) is 5.04 Å². The zero-order valence-corrected chi connectivity index (χ0v) is 6.25. The van der Waals surface area contributed by atoms with Crippen LogP contribution in [0.3, 0.4) is 0 Å². The zero-order valence-electron chi connectivity index (χ0n) is 5.43. The van der Waals surface area contributed by atoms with E-state index >= 15 is 0 Å². The minimum absolute atomic E-state index is 0.180. The zero-order chi connectivity index (χ0) is 8.10. The number of rotatable bonds is 3. The van der Waals surface area contributed by atoms with Crippen LogP contribution in [0.1, 0.15) is 0 Å². The number of phenols is 1. The molecule has 0 spiro atoms. The van der Waals surface area contributed by atoms with E-state index in [1.54, 1.807) is 12.1 Å². The number of benzene rings is 1. The highest BCUT2D eigenvalue weighted by Gasteiger charge is 1.94. The van der Waals surface area contributed by atoms with Crippen LogP contribution in [0.4, 0.5) is 0 Å². The molecule has 2 N–H and O–H groups in total. The van der Waals surface area contributed by atoms with Crippen LogP contribution >= 0.6 is 12.0 Å². The van der Waals surface area contributed by atoms with Gasteiger partial charge in [-0.3, -0.25) is 0 Å². The average molecular weight is 174 g/mol. The Kier molecular flexibility index (Phi) is 3.18. The van der Waals surface area contributed by atoms with Crippen molar-refractivity contribution in [3.63, 3.8) is 0 Å². The lowest BCUT2D eigenvalue weighted by molar-refractivity contribution is -0.432. The van der Waals surface area contributed by atoms with Crippen molar-refractivity contribution in [1.82, 2.24) is 0 Å². The fourth-order valence-corrected chi connectivity index (χ4v) is 0.912. The smallest absolute Gasteiger partial charge is 0.115 e. The molecule has 1 rings (SSSR count). The van der Waals surface area contributed by atoms with Crippen LogP contribution in [0.25, 0.3) is 0 Å². The highest BCUT2D eigenvalue weighted by molar-refractivity contribution is 7.94. The number of phenolic OH excluding ortho intramolecular Hbond substituents is 1. The Morgan fingerprint density at radius 3 is 2.36 bits per heavy atom. The van der Waals surface area contributed by atoms with Gasteiger partial charge < -0.3 is 5.11 Å². The van der Waals surface area contributed by atoms with Crippen molar-refractivity contribution in [1.29, 1.82) is 0 Å². The molecule has 0 saturated heterocycles. The molecule has 0 fully saturated rings. The molecule has 0 bridgehead atoms. The summed E-state index contributed by atoms with van der Waals surface area (Å²) in [7, 11) is 0. The molecule has 0 aromatic heterocycles. The third-order valence-electron chi connectivity index (χ3n) is 0.997. The van der Waals surface area contributed by atoms with Crippen LogP contribution in [0, 0.1) is 0 Å². The Labute approximate surface area is 67.4 Å². The first kappa shape index (κ1) is 8.35. The molecule has 0 heterocycles. The van der Waals surface area contributed by atoms with Gasteiger partial charge in [0, 0.05) is 4.90 Å². The van der Waals surface area contributed by atoms with E-state index in [9.17, 15) is 0 Å². The van der Waals surface area contributed by atoms with Crippen molar-refractivity contribution >= 4 is 12.0 Å². The van der Waals surface area contributed by atoms with Crippen molar-refractivity contribution < 1.29 is 19.7 Å². The van der Waals surface area contributed by atoms with E-state index < -0.39 is 0 Å². The summed E-state index contributed by atoms with van der Waals surface area (Å²) in [6.07, 6.45) is 0. The molecule has 0 amide bonds. The Hall–Kier alpha value is -0.750. The fourth-order valence-electron chi connectivity index (χ4n) is 0.556. The molecule has 60 valence electrons. The molecule has 0 saturated carbocycles. The average Bonchev–Trinajstić information content (AvgIpc) is 2.04. The standard InChI is InChI=1S/C6H6O4S/c7-5-1-3-6(4-2-5)11-10-9-8/h1-4,7-8H. The molecule has 0 aliphatic heterocycles. The molecule has 0 unspecified atom stereocenters. The first-order valence-corrected chi connectivity index (χ1v) is 3.51. The number of hydrogen-bond acceptors (Lipinski definition) is 5. The van der Waals surface area contributed by atoms with Crippen molar-refractivity contribution in [3.8, 4) is 5.75 Å². The van der Waals surface area contributed by atoms with Gasteiger partial charge in [0.25, 0.3) is 0 Å². The van der Waals surface area contributed by atoms with Gasteiger partial charge in [-0.2, -0.15) is 0 Å². The van der Waals surface area contributed by atoms with Crippen LogP contribution < -0.4 is 0 Å². The SMILES string of the molecule is OOOSc1ccc(O)cc1. The minimum atomic E-state index is 0.180. The van der Waals surface area contributed by atoms with Gasteiger partial charge in [-0.25, -0.2) is 5.26 Å². The minimum Gasteiger partial charge on any atom is -0.508 e. The van der Waals surface area contributed by atoms with E-state index in [-0.39, 0.29) is 5.75 Å². The first-order valence-electron chi connectivity index (χ1n) is 2.77. The van der Waals surface area contributed by atoms with Crippen LogP contribution in [0.2, 0.25) is 0 Å². The van der Waals surface area contributed by atoms with Crippen molar-refractivity contribution in [2.24, 2.45) is 0 Å². The second kappa shape index (κ2) is 4.20. The molecule has 5 heteroatoms. The quantitative estimate of drug-likeness (QED) is 0.416. The summed E-state index contributed by atoms with van der Waals surface area (Å²) in [4.78, 5) is 0.719. The van der Waals surface area contributed by atoms with E-state index in [4.69, 9.17) is 10.4 Å². The Bertz CT molecular complexity index is 210. The molecule has 0 radical (unpaired) electrons. The Morgan fingerprint density at radius 1 is 1.18 bits per heavy atom. The van der Waals surface area contributed by atoms with Gasteiger partial charge in [-0.05, 0) is 24.3 Å². The summed E-state index contributed by atoms with van der Waals surface area (Å²) in [6.45, 7) is 0. The summed E-state index contributed by atoms with van der Waals surface area (Å²) in [5.74, 6) is 0.180.